The van der Waals surface area contributed by atoms with E-state index in [4.69, 9.17) is 4.98 Å². The molecule has 3 aromatic heterocycles. The van der Waals surface area contributed by atoms with Crippen LogP contribution in [0.15, 0.2) is 218 Å². The molecule has 0 N–H and O–H groups in total. The fourth-order valence-corrected chi connectivity index (χ4v) is 7.29. The lowest BCUT2D eigenvalue weighted by Gasteiger charge is -2.28. The molecule has 8 aromatic rings. The molecule has 0 saturated heterocycles. The van der Waals surface area contributed by atoms with E-state index in [0.29, 0.717) is 0 Å². The third-order valence-electron chi connectivity index (χ3n) is 10.2. The normalized spacial score (nSPS) is 12.3. The Morgan fingerprint density at radius 1 is 0.397 bits per heavy atom. The summed E-state index contributed by atoms with van der Waals surface area (Å²) in [6.07, 6.45) is 16.8. The molecule has 0 radical (unpaired) electrons. The molecule has 0 spiro atoms. The smallest absolute Gasteiger partial charge is 0.0900 e. The zero-order chi connectivity index (χ0) is 38.9. The van der Waals surface area contributed by atoms with Gasteiger partial charge in [0.05, 0.1) is 22.8 Å². The molecule has 0 saturated carbocycles. The molecule has 278 valence electrons. The van der Waals surface area contributed by atoms with Gasteiger partial charge >= 0.3 is 0 Å². The van der Waals surface area contributed by atoms with Crippen LogP contribution in [-0.4, -0.2) is 15.0 Å². The van der Waals surface area contributed by atoms with E-state index in [1.807, 2.05) is 36.4 Å². The van der Waals surface area contributed by atoms with Crippen molar-refractivity contribution < 1.29 is 0 Å². The Kier molecular flexibility index (Phi) is 10.6. The highest BCUT2D eigenvalue weighted by Crippen LogP contribution is 2.37. The van der Waals surface area contributed by atoms with Gasteiger partial charge in [-0.1, -0.05) is 109 Å². The average Bonchev–Trinajstić information content (AvgIpc) is 3.31. The number of hydrogen-bond acceptors (Lipinski definition) is 5. The lowest BCUT2D eigenvalue weighted by molar-refractivity contribution is 0.997. The van der Waals surface area contributed by atoms with Crippen molar-refractivity contribution in [3.8, 4) is 33.9 Å². The molecule has 0 amide bonds. The minimum absolute atomic E-state index is 0.809. The monoisotopic (exact) mass is 747 g/mol. The predicted molar refractivity (Wildman–Crippen MR) is 241 cm³/mol. The molecule has 1 aliphatic rings. The summed E-state index contributed by atoms with van der Waals surface area (Å²) in [5.41, 5.74) is 14.5. The molecular weight excluding hydrogens is 707 g/mol. The maximum atomic E-state index is 4.91. The minimum Gasteiger partial charge on any atom is -0.311 e. The van der Waals surface area contributed by atoms with E-state index in [0.717, 1.165) is 75.2 Å². The number of anilines is 5. The molecule has 0 fully saturated rings. The number of nitrogens with zero attached hydrogens (tertiary/aromatic N) is 5. The number of rotatable bonds is 11. The molecule has 0 unspecified atom stereocenters. The standard InChI is InChI=1S/C53H41N5/c1-4-14-44(15-5-1)57(45-16-6-2-7-17-45)48-32-26-42(27-33-48)43-28-34-49(35-29-43)58(46-18-8-3-9-19-46)47-30-24-40(25-31-47)22-23-41-38-52(50-20-10-12-36-54-50)56-53(39-41)51-21-11-13-37-55-51/h1-2,4-8,10-39H,3,9H2/b23-22+. The number of hydrogen-bond donors (Lipinski definition) is 0. The van der Waals surface area contributed by atoms with Crippen molar-refractivity contribution >= 4 is 40.6 Å². The second-order valence-corrected chi connectivity index (χ2v) is 14.1. The van der Waals surface area contributed by atoms with Gasteiger partial charge in [-0.05, 0) is 138 Å². The number of aromatic nitrogens is 3. The second kappa shape index (κ2) is 17.0. The Morgan fingerprint density at radius 2 is 0.862 bits per heavy atom. The highest BCUT2D eigenvalue weighted by atomic mass is 15.1. The van der Waals surface area contributed by atoms with Gasteiger partial charge in [0.15, 0.2) is 0 Å². The van der Waals surface area contributed by atoms with Crippen LogP contribution in [0.25, 0.3) is 46.1 Å². The maximum Gasteiger partial charge on any atom is 0.0900 e. The molecule has 5 heteroatoms. The van der Waals surface area contributed by atoms with Gasteiger partial charge in [-0.2, -0.15) is 0 Å². The van der Waals surface area contributed by atoms with Crippen molar-refractivity contribution in [3.63, 3.8) is 0 Å². The molecule has 0 aliphatic heterocycles. The summed E-state index contributed by atoms with van der Waals surface area (Å²) in [6, 6.07) is 63.4. The molecule has 0 bridgehead atoms. The number of pyridine rings is 3. The first kappa shape index (κ1) is 36.0. The van der Waals surface area contributed by atoms with Crippen molar-refractivity contribution in [2.24, 2.45) is 0 Å². The number of para-hydroxylation sites is 2. The second-order valence-electron chi connectivity index (χ2n) is 14.1. The van der Waals surface area contributed by atoms with Gasteiger partial charge in [-0.15, -0.1) is 0 Å². The van der Waals surface area contributed by atoms with Gasteiger partial charge in [0, 0.05) is 46.5 Å². The van der Waals surface area contributed by atoms with Crippen molar-refractivity contribution in [3.05, 3.63) is 229 Å². The molecule has 5 aromatic carbocycles. The molecule has 5 nitrogen and oxygen atoms in total. The van der Waals surface area contributed by atoms with Crippen LogP contribution in [0, 0.1) is 0 Å². The third kappa shape index (κ3) is 8.15. The summed E-state index contributed by atoms with van der Waals surface area (Å²) < 4.78 is 0. The quantitative estimate of drug-likeness (QED) is 0.132. The van der Waals surface area contributed by atoms with Gasteiger partial charge in [0.2, 0.25) is 0 Å². The topological polar surface area (TPSA) is 45.2 Å². The zero-order valence-electron chi connectivity index (χ0n) is 32.0. The van der Waals surface area contributed by atoms with Crippen LogP contribution >= 0.6 is 0 Å². The molecule has 0 atom stereocenters. The molecular formula is C53H41N5. The van der Waals surface area contributed by atoms with E-state index in [-0.39, 0.29) is 0 Å². The fraction of sp³-hybridized carbons (Fsp3) is 0.0377. The summed E-state index contributed by atoms with van der Waals surface area (Å²) in [5, 5.41) is 0. The van der Waals surface area contributed by atoms with Crippen LogP contribution in [0.3, 0.4) is 0 Å². The maximum absolute atomic E-state index is 4.91. The predicted octanol–water partition coefficient (Wildman–Crippen LogP) is 13.9. The third-order valence-corrected chi connectivity index (χ3v) is 10.2. The largest absolute Gasteiger partial charge is 0.311 e. The Hall–Kier alpha value is -7.63. The van der Waals surface area contributed by atoms with Crippen molar-refractivity contribution in [1.82, 2.24) is 15.0 Å². The number of allylic oxidation sites excluding steroid dienone is 3. The van der Waals surface area contributed by atoms with E-state index < -0.39 is 0 Å². The van der Waals surface area contributed by atoms with Crippen LogP contribution in [0.1, 0.15) is 24.0 Å². The molecule has 1 aliphatic carbocycles. The SMILES string of the molecule is C1=CC(N(c2ccc(/C=C/c3cc(-c4ccccn4)nc(-c4ccccn4)c3)cc2)c2ccc(-c3ccc(N(c4ccccc4)c4ccccc4)cc3)cc2)=CCC1. The molecule has 9 rings (SSSR count). The van der Waals surface area contributed by atoms with Crippen LogP contribution in [0.2, 0.25) is 0 Å². The summed E-state index contributed by atoms with van der Waals surface area (Å²) in [7, 11) is 0. The first-order valence-electron chi connectivity index (χ1n) is 19.7. The van der Waals surface area contributed by atoms with Crippen LogP contribution < -0.4 is 9.80 Å². The van der Waals surface area contributed by atoms with Crippen molar-refractivity contribution in [1.29, 1.82) is 0 Å². The van der Waals surface area contributed by atoms with Crippen molar-refractivity contribution in [2.75, 3.05) is 9.80 Å². The summed E-state index contributed by atoms with van der Waals surface area (Å²) in [6.45, 7) is 0. The molecule has 58 heavy (non-hydrogen) atoms. The van der Waals surface area contributed by atoms with Gasteiger partial charge in [0.1, 0.15) is 0 Å². The highest BCUT2D eigenvalue weighted by Gasteiger charge is 2.16. The summed E-state index contributed by atoms with van der Waals surface area (Å²) in [4.78, 5) is 18.7. The Labute approximate surface area is 340 Å². The fourth-order valence-electron chi connectivity index (χ4n) is 7.29. The first-order valence-corrected chi connectivity index (χ1v) is 19.7. The van der Waals surface area contributed by atoms with E-state index in [1.165, 1.54) is 16.8 Å². The van der Waals surface area contributed by atoms with Crippen molar-refractivity contribution in [2.45, 2.75) is 12.8 Å². The van der Waals surface area contributed by atoms with Gasteiger partial charge in [-0.25, -0.2) is 4.98 Å². The summed E-state index contributed by atoms with van der Waals surface area (Å²) in [5.74, 6) is 0. The number of benzene rings is 5. The highest BCUT2D eigenvalue weighted by molar-refractivity contribution is 5.80. The van der Waals surface area contributed by atoms with Crippen LogP contribution in [-0.2, 0) is 0 Å². The Bertz CT molecular complexity index is 2580. The van der Waals surface area contributed by atoms with Crippen LogP contribution in [0.5, 0.6) is 0 Å². The van der Waals surface area contributed by atoms with E-state index in [9.17, 15) is 0 Å². The van der Waals surface area contributed by atoms with E-state index in [2.05, 4.69) is 196 Å². The lowest BCUT2D eigenvalue weighted by atomic mass is 10.0. The molecule has 3 heterocycles. The van der Waals surface area contributed by atoms with Gasteiger partial charge in [0.25, 0.3) is 0 Å². The van der Waals surface area contributed by atoms with E-state index in [1.54, 1.807) is 12.4 Å². The zero-order valence-corrected chi connectivity index (χ0v) is 32.0. The van der Waals surface area contributed by atoms with Crippen LogP contribution in [0.4, 0.5) is 28.4 Å². The van der Waals surface area contributed by atoms with E-state index >= 15 is 0 Å². The Balaban J connectivity index is 0.970. The first-order chi connectivity index (χ1) is 28.7. The Morgan fingerprint density at radius 3 is 1.34 bits per heavy atom. The minimum atomic E-state index is 0.809. The average molecular weight is 748 g/mol. The summed E-state index contributed by atoms with van der Waals surface area (Å²) >= 11 is 0. The van der Waals surface area contributed by atoms with Gasteiger partial charge in [-0.3, -0.25) is 9.97 Å². The lowest BCUT2D eigenvalue weighted by Crippen LogP contribution is -2.16. The van der Waals surface area contributed by atoms with Gasteiger partial charge < -0.3 is 9.80 Å².